The van der Waals surface area contributed by atoms with Crippen LogP contribution < -0.4 is 0 Å². The number of aromatic nitrogens is 3. The number of halogens is 1. The number of carboxylic acid groups (broad SMARTS) is 1. The van der Waals surface area contributed by atoms with Crippen molar-refractivity contribution in [3.05, 3.63) is 40.4 Å². The Labute approximate surface area is 104 Å². The molecule has 0 aliphatic carbocycles. The van der Waals surface area contributed by atoms with Gasteiger partial charge in [0.1, 0.15) is 12.4 Å². The minimum absolute atomic E-state index is 0.0548. The second kappa shape index (κ2) is 4.35. The van der Waals surface area contributed by atoms with Gasteiger partial charge in [-0.25, -0.2) is 14.5 Å². The molecule has 84 valence electrons. The summed E-state index contributed by atoms with van der Waals surface area (Å²) in [7, 11) is 0. The molecule has 0 unspecified atom stereocenters. The van der Waals surface area contributed by atoms with Crippen molar-refractivity contribution in [2.24, 2.45) is 0 Å². The lowest BCUT2D eigenvalue weighted by molar-refractivity contribution is 0.0697. The molecule has 0 atom stereocenters. The van der Waals surface area contributed by atoms with Crippen LogP contribution in [0.25, 0.3) is 5.69 Å². The van der Waals surface area contributed by atoms with Gasteiger partial charge < -0.3 is 5.11 Å². The zero-order chi connectivity index (χ0) is 12.4. The van der Waals surface area contributed by atoms with E-state index in [2.05, 4.69) is 26.0 Å². The van der Waals surface area contributed by atoms with E-state index in [1.54, 1.807) is 6.07 Å². The van der Waals surface area contributed by atoms with Crippen LogP contribution in [0, 0.1) is 11.3 Å². The summed E-state index contributed by atoms with van der Waals surface area (Å²) in [5.74, 6) is -0.951. The highest BCUT2D eigenvalue weighted by molar-refractivity contribution is 9.10. The van der Waals surface area contributed by atoms with Gasteiger partial charge in [-0.1, -0.05) is 0 Å². The molecule has 0 spiro atoms. The first-order valence-corrected chi connectivity index (χ1v) is 5.26. The van der Waals surface area contributed by atoms with Crippen molar-refractivity contribution in [3.8, 4) is 11.8 Å². The quantitative estimate of drug-likeness (QED) is 0.908. The summed E-state index contributed by atoms with van der Waals surface area (Å²) in [6.45, 7) is 0. The molecule has 7 heteroatoms. The van der Waals surface area contributed by atoms with Crippen LogP contribution in [-0.4, -0.2) is 25.8 Å². The number of benzene rings is 1. The van der Waals surface area contributed by atoms with E-state index in [-0.39, 0.29) is 11.4 Å². The summed E-state index contributed by atoms with van der Waals surface area (Å²) in [6.07, 6.45) is 1.39. The Morgan fingerprint density at radius 1 is 1.53 bits per heavy atom. The van der Waals surface area contributed by atoms with Gasteiger partial charge in [-0.2, -0.15) is 5.26 Å². The maximum Gasteiger partial charge on any atom is 0.335 e. The lowest BCUT2D eigenvalue weighted by Crippen LogP contribution is -2.00. The lowest BCUT2D eigenvalue weighted by Gasteiger charge is -2.04. The number of nitriles is 1. The van der Waals surface area contributed by atoms with E-state index >= 15 is 0 Å². The lowest BCUT2D eigenvalue weighted by atomic mass is 10.2. The number of hydrogen-bond donors (Lipinski definition) is 1. The Kier molecular flexibility index (Phi) is 2.89. The van der Waals surface area contributed by atoms with Gasteiger partial charge in [0.05, 0.1) is 11.3 Å². The third kappa shape index (κ3) is 2.16. The predicted octanol–water partition coefficient (Wildman–Crippen LogP) is 1.60. The number of carboxylic acids is 1. The van der Waals surface area contributed by atoms with Gasteiger partial charge >= 0.3 is 5.97 Å². The molecule has 1 aromatic heterocycles. The summed E-state index contributed by atoms with van der Waals surface area (Å²) in [6, 6.07) is 6.32. The van der Waals surface area contributed by atoms with Gasteiger partial charge in [0.25, 0.3) is 5.82 Å². The van der Waals surface area contributed by atoms with Crippen LogP contribution in [0.1, 0.15) is 16.2 Å². The zero-order valence-electron chi connectivity index (χ0n) is 8.33. The fourth-order valence-corrected chi connectivity index (χ4v) is 1.82. The molecule has 0 aliphatic rings. The van der Waals surface area contributed by atoms with Crippen molar-refractivity contribution >= 4 is 21.9 Å². The molecule has 2 rings (SSSR count). The monoisotopic (exact) mass is 292 g/mol. The van der Waals surface area contributed by atoms with Crippen molar-refractivity contribution in [2.75, 3.05) is 0 Å². The number of hydrogen-bond acceptors (Lipinski definition) is 4. The Balaban J connectivity index is 2.47. The van der Waals surface area contributed by atoms with Gasteiger partial charge in [-0.05, 0) is 34.1 Å². The zero-order valence-corrected chi connectivity index (χ0v) is 9.92. The van der Waals surface area contributed by atoms with Gasteiger partial charge in [-0.3, -0.25) is 0 Å². The van der Waals surface area contributed by atoms with Crippen LogP contribution >= 0.6 is 15.9 Å². The molecule has 0 bridgehead atoms. The molecule has 1 N–H and O–H groups in total. The highest BCUT2D eigenvalue weighted by atomic mass is 79.9. The summed E-state index contributed by atoms with van der Waals surface area (Å²) in [4.78, 5) is 14.5. The maximum atomic E-state index is 10.8. The number of rotatable bonds is 2. The van der Waals surface area contributed by atoms with Crippen LogP contribution in [0.5, 0.6) is 0 Å². The van der Waals surface area contributed by atoms with Crippen LogP contribution in [0.4, 0.5) is 0 Å². The molecular formula is C10H5BrN4O2. The highest BCUT2D eigenvalue weighted by Gasteiger charge is 2.09. The first-order chi connectivity index (χ1) is 8.11. The van der Waals surface area contributed by atoms with E-state index in [0.29, 0.717) is 10.2 Å². The molecule has 1 heterocycles. The van der Waals surface area contributed by atoms with Crippen LogP contribution in [0.15, 0.2) is 29.0 Å². The largest absolute Gasteiger partial charge is 0.478 e. The van der Waals surface area contributed by atoms with Crippen molar-refractivity contribution in [1.29, 1.82) is 5.26 Å². The molecule has 1 aromatic carbocycles. The molecule has 0 saturated heterocycles. The fraction of sp³-hybridized carbons (Fsp3) is 0. The topological polar surface area (TPSA) is 91.8 Å². The minimum Gasteiger partial charge on any atom is -0.478 e. The molecule has 2 aromatic rings. The van der Waals surface area contributed by atoms with Crippen LogP contribution in [0.2, 0.25) is 0 Å². The second-order valence-electron chi connectivity index (χ2n) is 3.10. The molecule has 0 saturated carbocycles. The molecule has 6 nitrogen and oxygen atoms in total. The average Bonchev–Trinajstić information content (AvgIpc) is 2.77. The average molecular weight is 293 g/mol. The first kappa shape index (κ1) is 11.3. The number of nitrogens with zero attached hydrogens (tertiary/aromatic N) is 4. The van der Waals surface area contributed by atoms with Gasteiger partial charge in [-0.15, -0.1) is 5.10 Å². The summed E-state index contributed by atoms with van der Waals surface area (Å²) in [5, 5.41) is 21.3. The Hall–Kier alpha value is -2.20. The van der Waals surface area contributed by atoms with Crippen LogP contribution in [-0.2, 0) is 0 Å². The van der Waals surface area contributed by atoms with Crippen molar-refractivity contribution in [1.82, 2.24) is 14.8 Å². The number of carbonyl (C=O) groups is 1. The summed E-state index contributed by atoms with van der Waals surface area (Å²) < 4.78 is 1.96. The number of aromatic carboxylic acids is 1. The van der Waals surface area contributed by atoms with Crippen molar-refractivity contribution in [2.45, 2.75) is 0 Å². The molecular weight excluding hydrogens is 288 g/mol. The fourth-order valence-electron chi connectivity index (χ4n) is 1.26. The Morgan fingerprint density at radius 2 is 2.29 bits per heavy atom. The van der Waals surface area contributed by atoms with Crippen molar-refractivity contribution < 1.29 is 9.90 Å². The minimum atomic E-state index is -1.01. The molecule has 0 radical (unpaired) electrons. The van der Waals surface area contributed by atoms with Crippen LogP contribution in [0.3, 0.4) is 0 Å². The Morgan fingerprint density at radius 3 is 2.82 bits per heavy atom. The van der Waals surface area contributed by atoms with E-state index in [9.17, 15) is 4.79 Å². The molecule has 17 heavy (non-hydrogen) atoms. The third-order valence-electron chi connectivity index (χ3n) is 2.03. The Bertz CT molecular complexity index is 629. The first-order valence-electron chi connectivity index (χ1n) is 4.47. The van der Waals surface area contributed by atoms with E-state index in [0.717, 1.165) is 0 Å². The molecule has 0 amide bonds. The van der Waals surface area contributed by atoms with E-state index in [4.69, 9.17) is 10.4 Å². The van der Waals surface area contributed by atoms with Gasteiger partial charge in [0, 0.05) is 4.47 Å². The maximum absolute atomic E-state index is 10.8. The predicted molar refractivity (Wildman–Crippen MR) is 60.7 cm³/mol. The van der Waals surface area contributed by atoms with Gasteiger partial charge in [0.2, 0.25) is 0 Å². The molecule has 0 fully saturated rings. The smallest absolute Gasteiger partial charge is 0.335 e. The van der Waals surface area contributed by atoms with E-state index < -0.39 is 5.97 Å². The van der Waals surface area contributed by atoms with E-state index in [1.807, 2.05) is 6.07 Å². The summed E-state index contributed by atoms with van der Waals surface area (Å²) in [5.41, 5.74) is 0.783. The standard InChI is InChI=1S/C10H5BrN4O2/c11-7-3-6(10(16)17)1-2-8(7)15-5-13-9(4-12)14-15/h1-3,5H,(H,16,17). The third-order valence-corrected chi connectivity index (χ3v) is 2.67. The SMILES string of the molecule is N#Cc1ncn(-c2ccc(C(=O)O)cc2Br)n1. The van der Waals surface area contributed by atoms with Gasteiger partial charge in [0.15, 0.2) is 0 Å². The van der Waals surface area contributed by atoms with E-state index in [1.165, 1.54) is 23.1 Å². The highest BCUT2D eigenvalue weighted by Crippen LogP contribution is 2.21. The second-order valence-corrected chi connectivity index (χ2v) is 3.95. The molecule has 0 aliphatic heterocycles. The van der Waals surface area contributed by atoms with Crippen molar-refractivity contribution in [3.63, 3.8) is 0 Å². The summed E-state index contributed by atoms with van der Waals surface area (Å²) >= 11 is 3.25. The normalized spacial score (nSPS) is 9.88.